The minimum absolute atomic E-state index is 0.0101. The predicted octanol–water partition coefficient (Wildman–Crippen LogP) is 5.03. The molecule has 1 N–H and O–H groups in total. The van der Waals surface area contributed by atoms with Crippen molar-refractivity contribution in [1.82, 2.24) is 14.5 Å². The van der Waals surface area contributed by atoms with Crippen LogP contribution in [0.2, 0.25) is 0 Å². The molecule has 37 heavy (non-hydrogen) atoms. The molecule has 3 heterocycles. The number of furan rings is 1. The van der Waals surface area contributed by atoms with Crippen molar-refractivity contribution in [1.29, 1.82) is 0 Å². The minimum atomic E-state index is -0.808. The molecule has 4 rings (SSSR count). The van der Waals surface area contributed by atoms with Crippen molar-refractivity contribution < 1.29 is 28.6 Å². The molecule has 9 nitrogen and oxygen atoms in total. The molecule has 1 aliphatic rings. The molecule has 1 atom stereocenters. The van der Waals surface area contributed by atoms with Gasteiger partial charge in [-0.3, -0.25) is 9.59 Å². The largest absolute Gasteiger partial charge is 0.503 e. The highest BCUT2D eigenvalue weighted by atomic mass is 16.5. The zero-order valence-corrected chi connectivity index (χ0v) is 21.5. The molecule has 0 fully saturated rings. The Bertz CT molecular complexity index is 1260. The molecule has 0 saturated carbocycles. The Morgan fingerprint density at radius 3 is 2.62 bits per heavy atom. The quantitative estimate of drug-likeness (QED) is 0.255. The first-order valence-electron chi connectivity index (χ1n) is 12.6. The fraction of sp³-hybridized carbons (Fsp3) is 0.393. The normalized spacial score (nSPS) is 15.5. The van der Waals surface area contributed by atoms with E-state index in [1.54, 1.807) is 43.7 Å². The number of hydrogen-bond donors (Lipinski definition) is 1. The van der Waals surface area contributed by atoms with E-state index in [-0.39, 0.29) is 11.3 Å². The van der Waals surface area contributed by atoms with Gasteiger partial charge < -0.3 is 28.5 Å². The maximum Gasteiger partial charge on any atom is 0.290 e. The Hall–Kier alpha value is -4.01. The molecule has 1 amide bonds. The van der Waals surface area contributed by atoms with E-state index >= 15 is 0 Å². The molecule has 2 aromatic heterocycles. The van der Waals surface area contributed by atoms with Crippen LogP contribution in [-0.2, 0) is 11.3 Å². The van der Waals surface area contributed by atoms with E-state index < -0.39 is 23.5 Å². The number of ether oxygens (including phenoxy) is 2. The molecule has 9 heteroatoms. The molecule has 1 aromatic carbocycles. The third-order valence-electron chi connectivity index (χ3n) is 6.23. The lowest BCUT2D eigenvalue weighted by atomic mass is 9.94. The lowest BCUT2D eigenvalue weighted by Crippen LogP contribution is -2.32. The second-order valence-electron chi connectivity index (χ2n) is 8.90. The standard InChI is InChI=1S/C28H33N3O6/c1-4-6-16-36-21-11-9-20(17-23(21)35-5-2)25-24(26(32)22-10-8-19(3)37-22)27(33)28(34)31(25)14-7-13-30-15-12-29-18-30/h8-12,15,17-18,25,33H,4-7,13-14,16H2,1-3H3. The first kappa shape index (κ1) is 26.1. The van der Waals surface area contributed by atoms with Gasteiger partial charge in [-0.05, 0) is 56.5 Å². The summed E-state index contributed by atoms with van der Waals surface area (Å²) in [5.41, 5.74) is 0.627. The summed E-state index contributed by atoms with van der Waals surface area (Å²) in [5, 5.41) is 10.9. The Morgan fingerprint density at radius 2 is 1.95 bits per heavy atom. The first-order chi connectivity index (χ1) is 17.9. The van der Waals surface area contributed by atoms with Gasteiger partial charge in [0.25, 0.3) is 5.91 Å². The summed E-state index contributed by atoms with van der Waals surface area (Å²) in [6, 6.07) is 7.80. The highest BCUT2D eigenvalue weighted by molar-refractivity contribution is 6.15. The number of nitrogens with zero attached hydrogens (tertiary/aromatic N) is 3. The van der Waals surface area contributed by atoms with Crippen LogP contribution < -0.4 is 9.47 Å². The number of benzene rings is 1. The Kier molecular flexibility index (Phi) is 8.32. The number of carbonyl (C=O) groups is 2. The summed E-state index contributed by atoms with van der Waals surface area (Å²) in [5.74, 6) is 0.0702. The molecule has 196 valence electrons. The van der Waals surface area contributed by atoms with Crippen molar-refractivity contribution in [2.45, 2.75) is 52.6 Å². The number of aliphatic hydroxyl groups excluding tert-OH is 1. The van der Waals surface area contributed by atoms with Crippen LogP contribution in [0.3, 0.4) is 0 Å². The zero-order chi connectivity index (χ0) is 26.4. The fourth-order valence-corrected chi connectivity index (χ4v) is 4.40. The molecule has 0 saturated heterocycles. The third-order valence-corrected chi connectivity index (χ3v) is 6.23. The van der Waals surface area contributed by atoms with Gasteiger partial charge in [0.15, 0.2) is 23.0 Å². The summed E-state index contributed by atoms with van der Waals surface area (Å²) in [7, 11) is 0. The highest BCUT2D eigenvalue weighted by Gasteiger charge is 2.44. The van der Waals surface area contributed by atoms with Crippen LogP contribution in [0.1, 0.15) is 61.0 Å². The number of carbonyl (C=O) groups excluding carboxylic acids is 2. The van der Waals surface area contributed by atoms with Crippen molar-refractivity contribution in [2.75, 3.05) is 19.8 Å². The molecule has 0 spiro atoms. The van der Waals surface area contributed by atoms with E-state index in [0.29, 0.717) is 55.5 Å². The second kappa shape index (κ2) is 11.8. The molecule has 0 bridgehead atoms. The lowest BCUT2D eigenvalue weighted by molar-refractivity contribution is -0.129. The van der Waals surface area contributed by atoms with Gasteiger partial charge in [0.05, 0.1) is 31.2 Å². The lowest BCUT2D eigenvalue weighted by Gasteiger charge is -2.27. The number of unbranched alkanes of at least 4 members (excludes halogenated alkanes) is 1. The van der Waals surface area contributed by atoms with Crippen molar-refractivity contribution in [3.63, 3.8) is 0 Å². The third kappa shape index (κ3) is 5.71. The van der Waals surface area contributed by atoms with E-state index in [2.05, 4.69) is 11.9 Å². The number of rotatable bonds is 13. The highest BCUT2D eigenvalue weighted by Crippen LogP contribution is 2.42. The first-order valence-corrected chi connectivity index (χ1v) is 12.6. The van der Waals surface area contributed by atoms with Gasteiger partial charge in [-0.25, -0.2) is 4.98 Å². The number of aryl methyl sites for hydroxylation is 2. The summed E-state index contributed by atoms with van der Waals surface area (Å²) in [6.45, 7) is 7.63. The number of imidazole rings is 1. The summed E-state index contributed by atoms with van der Waals surface area (Å²) in [4.78, 5) is 32.3. The van der Waals surface area contributed by atoms with E-state index in [4.69, 9.17) is 13.9 Å². The van der Waals surface area contributed by atoms with E-state index in [0.717, 1.165) is 12.8 Å². The summed E-state index contributed by atoms with van der Waals surface area (Å²) < 4.78 is 19.2. The summed E-state index contributed by atoms with van der Waals surface area (Å²) in [6.07, 6.45) is 7.76. The Labute approximate surface area is 216 Å². The number of ketones is 1. The van der Waals surface area contributed by atoms with Gasteiger partial charge in [-0.15, -0.1) is 0 Å². The van der Waals surface area contributed by atoms with Crippen molar-refractivity contribution >= 4 is 11.7 Å². The van der Waals surface area contributed by atoms with Gasteiger partial charge in [-0.1, -0.05) is 19.4 Å². The van der Waals surface area contributed by atoms with E-state index in [1.165, 1.54) is 4.90 Å². The maximum atomic E-state index is 13.5. The molecule has 1 unspecified atom stereocenters. The maximum absolute atomic E-state index is 13.5. The van der Waals surface area contributed by atoms with Crippen molar-refractivity contribution in [3.05, 3.63) is 77.5 Å². The monoisotopic (exact) mass is 507 g/mol. The SMILES string of the molecule is CCCCOc1ccc(C2C(C(=O)c3ccc(C)o3)=C(O)C(=O)N2CCCn2ccnc2)cc1OCC. The molecular weight excluding hydrogens is 474 g/mol. The topological polar surface area (TPSA) is 107 Å². The number of hydrogen-bond acceptors (Lipinski definition) is 7. The number of Topliss-reactive ketones (excluding diaryl/α,β-unsaturated/α-hetero) is 1. The molecule has 1 aliphatic heterocycles. The molecule has 0 radical (unpaired) electrons. The van der Waals surface area contributed by atoms with Gasteiger partial charge in [0.2, 0.25) is 5.78 Å². The smallest absolute Gasteiger partial charge is 0.290 e. The van der Waals surface area contributed by atoms with Crippen molar-refractivity contribution in [2.24, 2.45) is 0 Å². The molecule has 3 aromatic rings. The Balaban J connectivity index is 1.69. The molecular formula is C28H33N3O6. The van der Waals surface area contributed by atoms with E-state index in [9.17, 15) is 14.7 Å². The van der Waals surface area contributed by atoms with E-state index in [1.807, 2.05) is 23.8 Å². The zero-order valence-electron chi connectivity index (χ0n) is 21.5. The van der Waals surface area contributed by atoms with Gasteiger partial charge >= 0.3 is 0 Å². The number of aliphatic hydroxyl groups is 1. The fourth-order valence-electron chi connectivity index (χ4n) is 4.40. The predicted molar refractivity (Wildman–Crippen MR) is 137 cm³/mol. The van der Waals surface area contributed by atoms with Crippen LogP contribution >= 0.6 is 0 Å². The molecule has 0 aliphatic carbocycles. The minimum Gasteiger partial charge on any atom is -0.503 e. The average Bonchev–Trinajstić information content (AvgIpc) is 3.62. The van der Waals surface area contributed by atoms with Crippen LogP contribution in [0.5, 0.6) is 11.5 Å². The number of aromatic nitrogens is 2. The van der Waals surface area contributed by atoms with Crippen LogP contribution in [-0.4, -0.2) is 51.0 Å². The van der Waals surface area contributed by atoms with Crippen LogP contribution in [0.4, 0.5) is 0 Å². The van der Waals surface area contributed by atoms with Crippen LogP contribution in [0, 0.1) is 6.92 Å². The number of amides is 1. The van der Waals surface area contributed by atoms with Crippen LogP contribution in [0.25, 0.3) is 0 Å². The second-order valence-corrected chi connectivity index (χ2v) is 8.90. The van der Waals surface area contributed by atoms with Crippen molar-refractivity contribution in [3.8, 4) is 11.5 Å². The Morgan fingerprint density at radius 1 is 1.11 bits per heavy atom. The summed E-state index contributed by atoms with van der Waals surface area (Å²) >= 11 is 0. The van der Waals surface area contributed by atoms with Gasteiger partial charge in [0, 0.05) is 25.5 Å². The van der Waals surface area contributed by atoms with Gasteiger partial charge in [0.1, 0.15) is 5.76 Å². The van der Waals surface area contributed by atoms with Crippen LogP contribution in [0.15, 0.2) is 64.8 Å². The average molecular weight is 508 g/mol. The van der Waals surface area contributed by atoms with Gasteiger partial charge in [-0.2, -0.15) is 0 Å².